The van der Waals surface area contributed by atoms with E-state index in [1.54, 1.807) is 38.3 Å². The summed E-state index contributed by atoms with van der Waals surface area (Å²) in [6, 6.07) is 6.29. The van der Waals surface area contributed by atoms with Crippen LogP contribution in [0.25, 0.3) is 0 Å². The third kappa shape index (κ3) is 5.58. The number of nitrogens with zero attached hydrogens (tertiary/aromatic N) is 2. The van der Waals surface area contributed by atoms with Crippen LogP contribution in [0.2, 0.25) is 0 Å². The standard InChI is InChI=1S/C25H35N5O5/c1-25(18-8-10-20(35-2)11-9-18)23(33)30(24(34)27-25)28-21(31)16-29-14-12-19(13-15-29)26-22(32)17-6-4-3-5-7-17/h8-11,17,19H,3-7,12-16H2,1-2H3,(H,26,32)(H,27,34)(H,28,31). The van der Waals surface area contributed by atoms with Gasteiger partial charge in [0.15, 0.2) is 0 Å². The Balaban J connectivity index is 1.25. The number of likely N-dealkylation sites (tertiary alicyclic amines) is 1. The van der Waals surface area contributed by atoms with E-state index in [2.05, 4.69) is 16.1 Å². The first-order chi connectivity index (χ1) is 16.8. The number of carbonyl (C=O) groups is 4. The smallest absolute Gasteiger partial charge is 0.344 e. The van der Waals surface area contributed by atoms with Crippen LogP contribution in [0.1, 0.15) is 57.4 Å². The minimum atomic E-state index is -1.29. The van der Waals surface area contributed by atoms with E-state index >= 15 is 0 Å². The van der Waals surface area contributed by atoms with E-state index in [1.807, 2.05) is 4.90 Å². The van der Waals surface area contributed by atoms with Crippen molar-refractivity contribution >= 4 is 23.8 Å². The van der Waals surface area contributed by atoms with Crippen LogP contribution in [-0.4, -0.2) is 66.4 Å². The predicted molar refractivity (Wildman–Crippen MR) is 128 cm³/mol. The average Bonchev–Trinajstić information content (AvgIpc) is 3.09. The number of imide groups is 1. The Hall–Kier alpha value is -3.14. The van der Waals surface area contributed by atoms with Gasteiger partial charge in [-0.2, -0.15) is 5.01 Å². The molecule has 0 bridgehead atoms. The van der Waals surface area contributed by atoms with Crippen LogP contribution in [0.4, 0.5) is 4.79 Å². The second-order valence-corrected chi connectivity index (χ2v) is 9.85. The van der Waals surface area contributed by atoms with Gasteiger partial charge in [-0.25, -0.2) is 4.79 Å². The van der Waals surface area contributed by atoms with Crippen molar-refractivity contribution in [1.82, 2.24) is 26.0 Å². The molecule has 35 heavy (non-hydrogen) atoms. The number of benzene rings is 1. The highest BCUT2D eigenvalue weighted by Gasteiger charge is 2.50. The van der Waals surface area contributed by atoms with Gasteiger partial charge in [0, 0.05) is 25.0 Å². The van der Waals surface area contributed by atoms with E-state index in [0.717, 1.165) is 43.5 Å². The molecule has 2 aliphatic heterocycles. The van der Waals surface area contributed by atoms with Crippen molar-refractivity contribution in [2.75, 3.05) is 26.7 Å². The van der Waals surface area contributed by atoms with Crippen LogP contribution >= 0.6 is 0 Å². The Morgan fingerprint density at radius 2 is 1.71 bits per heavy atom. The Morgan fingerprint density at radius 3 is 2.34 bits per heavy atom. The summed E-state index contributed by atoms with van der Waals surface area (Å²) in [6.45, 7) is 2.99. The maximum absolute atomic E-state index is 13.0. The highest BCUT2D eigenvalue weighted by molar-refractivity contribution is 6.08. The zero-order chi connectivity index (χ0) is 25.0. The lowest BCUT2D eigenvalue weighted by molar-refractivity contribution is -0.139. The molecule has 0 radical (unpaired) electrons. The number of piperidine rings is 1. The van der Waals surface area contributed by atoms with Crippen LogP contribution in [0.3, 0.4) is 0 Å². The maximum atomic E-state index is 13.0. The number of hydrogen-bond acceptors (Lipinski definition) is 6. The number of nitrogens with one attached hydrogen (secondary N) is 3. The molecule has 10 heteroatoms. The van der Waals surface area contributed by atoms with Crippen LogP contribution in [-0.2, 0) is 19.9 Å². The number of ether oxygens (including phenoxy) is 1. The fraction of sp³-hybridized carbons (Fsp3) is 0.600. The van der Waals surface area contributed by atoms with E-state index in [1.165, 1.54) is 6.42 Å². The van der Waals surface area contributed by atoms with Crippen molar-refractivity contribution in [2.24, 2.45) is 5.92 Å². The lowest BCUT2D eigenvalue weighted by atomic mass is 9.88. The number of carbonyl (C=O) groups excluding carboxylic acids is 4. The lowest BCUT2D eigenvalue weighted by Gasteiger charge is -2.33. The molecule has 10 nitrogen and oxygen atoms in total. The summed E-state index contributed by atoms with van der Waals surface area (Å²) >= 11 is 0. The van der Waals surface area contributed by atoms with E-state index in [0.29, 0.717) is 24.4 Å². The quantitative estimate of drug-likeness (QED) is 0.505. The van der Waals surface area contributed by atoms with Gasteiger partial charge in [0.05, 0.1) is 13.7 Å². The summed E-state index contributed by atoms with van der Waals surface area (Å²) in [5.41, 5.74) is 1.76. The minimum absolute atomic E-state index is 0.0690. The van der Waals surface area contributed by atoms with Crippen LogP contribution in [0.15, 0.2) is 24.3 Å². The van der Waals surface area contributed by atoms with Gasteiger partial charge in [0.1, 0.15) is 11.3 Å². The Kier molecular flexibility index (Phi) is 7.59. The van der Waals surface area contributed by atoms with Crippen molar-refractivity contribution in [3.05, 3.63) is 29.8 Å². The third-order valence-corrected chi connectivity index (χ3v) is 7.37. The number of methoxy groups -OCH3 is 1. The summed E-state index contributed by atoms with van der Waals surface area (Å²) in [5.74, 6) is -0.0430. The molecule has 3 aliphatic rings. The van der Waals surface area contributed by atoms with E-state index < -0.39 is 23.4 Å². The van der Waals surface area contributed by atoms with Crippen LogP contribution in [0, 0.1) is 5.92 Å². The fourth-order valence-electron chi connectivity index (χ4n) is 5.14. The van der Waals surface area contributed by atoms with Gasteiger partial charge in [-0.1, -0.05) is 31.4 Å². The summed E-state index contributed by atoms with van der Waals surface area (Å²) in [5, 5.41) is 6.61. The van der Waals surface area contributed by atoms with Gasteiger partial charge >= 0.3 is 6.03 Å². The number of amides is 5. The molecule has 2 heterocycles. The molecule has 1 aromatic carbocycles. The van der Waals surface area contributed by atoms with Gasteiger partial charge in [-0.3, -0.25) is 24.7 Å². The van der Waals surface area contributed by atoms with E-state index in [4.69, 9.17) is 4.74 Å². The molecular formula is C25H35N5O5. The molecule has 3 fully saturated rings. The molecule has 0 aromatic heterocycles. The third-order valence-electron chi connectivity index (χ3n) is 7.37. The zero-order valence-electron chi connectivity index (χ0n) is 20.5. The first-order valence-corrected chi connectivity index (χ1v) is 12.4. The normalized spacial score (nSPS) is 24.2. The average molecular weight is 486 g/mol. The molecule has 1 unspecified atom stereocenters. The van der Waals surface area contributed by atoms with Crippen molar-refractivity contribution in [3.63, 3.8) is 0 Å². The zero-order valence-corrected chi connectivity index (χ0v) is 20.5. The molecule has 1 atom stereocenters. The summed E-state index contributed by atoms with van der Waals surface area (Å²) in [4.78, 5) is 52.7. The highest BCUT2D eigenvalue weighted by Crippen LogP contribution is 2.29. The Morgan fingerprint density at radius 1 is 1.06 bits per heavy atom. The first kappa shape index (κ1) is 25.0. The minimum Gasteiger partial charge on any atom is -0.497 e. The molecule has 1 saturated carbocycles. The fourth-order valence-corrected chi connectivity index (χ4v) is 5.14. The monoisotopic (exact) mass is 485 g/mol. The molecule has 5 amide bonds. The van der Waals surface area contributed by atoms with Gasteiger partial charge in [0.2, 0.25) is 5.91 Å². The van der Waals surface area contributed by atoms with Crippen molar-refractivity contribution in [3.8, 4) is 5.75 Å². The van der Waals surface area contributed by atoms with Crippen LogP contribution < -0.4 is 20.8 Å². The van der Waals surface area contributed by atoms with Gasteiger partial charge < -0.3 is 15.4 Å². The molecule has 3 N–H and O–H groups in total. The largest absolute Gasteiger partial charge is 0.497 e. The topological polar surface area (TPSA) is 120 Å². The maximum Gasteiger partial charge on any atom is 0.344 e. The van der Waals surface area contributed by atoms with Crippen molar-refractivity contribution in [2.45, 2.75) is 63.5 Å². The number of hydrazine groups is 1. The summed E-state index contributed by atoms with van der Waals surface area (Å²) in [6.07, 6.45) is 6.96. The van der Waals surface area contributed by atoms with Gasteiger partial charge in [-0.15, -0.1) is 0 Å². The molecule has 190 valence electrons. The molecule has 1 aromatic rings. The van der Waals surface area contributed by atoms with E-state index in [-0.39, 0.29) is 24.4 Å². The lowest BCUT2D eigenvalue weighted by Crippen LogP contribution is -2.52. The molecule has 2 saturated heterocycles. The molecular weight excluding hydrogens is 450 g/mol. The van der Waals surface area contributed by atoms with Crippen molar-refractivity contribution in [1.29, 1.82) is 0 Å². The van der Waals surface area contributed by atoms with Crippen LogP contribution in [0.5, 0.6) is 5.75 Å². The molecule has 0 spiro atoms. The SMILES string of the molecule is COc1ccc(C2(C)NC(=O)N(NC(=O)CN3CCC(NC(=O)C4CCCCC4)CC3)C2=O)cc1. The number of hydrogen-bond donors (Lipinski definition) is 3. The highest BCUT2D eigenvalue weighted by atomic mass is 16.5. The van der Waals surface area contributed by atoms with Gasteiger partial charge in [-0.05, 0) is 50.3 Å². The number of urea groups is 1. The first-order valence-electron chi connectivity index (χ1n) is 12.4. The molecule has 1 aliphatic carbocycles. The summed E-state index contributed by atoms with van der Waals surface area (Å²) < 4.78 is 5.15. The second-order valence-electron chi connectivity index (χ2n) is 9.85. The number of rotatable bonds is 7. The van der Waals surface area contributed by atoms with Gasteiger partial charge in [0.25, 0.3) is 11.8 Å². The molecule has 4 rings (SSSR count). The summed E-state index contributed by atoms with van der Waals surface area (Å²) in [7, 11) is 1.55. The van der Waals surface area contributed by atoms with E-state index in [9.17, 15) is 19.2 Å². The Labute approximate surface area is 205 Å². The Bertz CT molecular complexity index is 953. The predicted octanol–water partition coefficient (Wildman–Crippen LogP) is 1.65. The van der Waals surface area contributed by atoms with Crippen molar-refractivity contribution < 1.29 is 23.9 Å². The second kappa shape index (κ2) is 10.6.